The molecule has 0 saturated heterocycles. The summed E-state index contributed by atoms with van der Waals surface area (Å²) in [5.41, 5.74) is 4.88. The first kappa shape index (κ1) is 10.8. The highest BCUT2D eigenvalue weighted by molar-refractivity contribution is 5.88. The van der Waals surface area contributed by atoms with Crippen LogP contribution in [0.25, 0.3) is 10.8 Å². The van der Waals surface area contributed by atoms with E-state index in [9.17, 15) is 0 Å². The summed E-state index contributed by atoms with van der Waals surface area (Å²) in [6.45, 7) is 4.66. The van der Waals surface area contributed by atoms with Crippen molar-refractivity contribution in [2.75, 3.05) is 0 Å². The van der Waals surface area contributed by atoms with Gasteiger partial charge in [-0.2, -0.15) is 0 Å². The molecule has 0 nitrogen and oxygen atoms in total. The SMILES string of the molecule is CC(C)c1c2c(cc3ccccc13)CCCC2. The van der Waals surface area contributed by atoms with Crippen molar-refractivity contribution < 1.29 is 0 Å². The summed E-state index contributed by atoms with van der Waals surface area (Å²) in [6.07, 6.45) is 5.29. The highest BCUT2D eigenvalue weighted by Crippen LogP contribution is 2.35. The fraction of sp³-hybridized carbons (Fsp3) is 0.412. The van der Waals surface area contributed by atoms with Gasteiger partial charge in [0.1, 0.15) is 0 Å². The molecule has 0 radical (unpaired) electrons. The van der Waals surface area contributed by atoms with Crippen LogP contribution in [0.4, 0.5) is 0 Å². The molecule has 0 atom stereocenters. The van der Waals surface area contributed by atoms with Crippen molar-refractivity contribution >= 4 is 10.8 Å². The Morgan fingerprint density at radius 1 is 1.00 bits per heavy atom. The quantitative estimate of drug-likeness (QED) is 0.650. The van der Waals surface area contributed by atoms with Gasteiger partial charge in [0.25, 0.3) is 0 Å². The van der Waals surface area contributed by atoms with Crippen molar-refractivity contribution in [3.05, 3.63) is 47.0 Å². The second-order valence-electron chi connectivity index (χ2n) is 5.51. The largest absolute Gasteiger partial charge is 0.0616 e. The van der Waals surface area contributed by atoms with Crippen LogP contribution in [-0.2, 0) is 12.8 Å². The molecule has 17 heavy (non-hydrogen) atoms. The van der Waals surface area contributed by atoms with E-state index in [4.69, 9.17) is 0 Å². The number of hydrogen-bond acceptors (Lipinski definition) is 0. The Morgan fingerprint density at radius 2 is 1.76 bits per heavy atom. The molecule has 0 spiro atoms. The number of aryl methyl sites for hydroxylation is 1. The molecule has 0 aromatic heterocycles. The van der Waals surface area contributed by atoms with Crippen LogP contribution in [0.3, 0.4) is 0 Å². The second kappa shape index (κ2) is 4.18. The van der Waals surface area contributed by atoms with E-state index in [1.165, 1.54) is 36.5 Å². The summed E-state index contributed by atoms with van der Waals surface area (Å²) < 4.78 is 0. The van der Waals surface area contributed by atoms with Crippen LogP contribution in [0.2, 0.25) is 0 Å². The molecule has 0 fully saturated rings. The van der Waals surface area contributed by atoms with Crippen LogP contribution in [0, 0.1) is 0 Å². The van der Waals surface area contributed by atoms with Gasteiger partial charge in [-0.3, -0.25) is 0 Å². The third-order valence-electron chi connectivity index (χ3n) is 3.99. The summed E-state index contributed by atoms with van der Waals surface area (Å²) >= 11 is 0. The molecule has 2 aromatic rings. The number of fused-ring (bicyclic) bond motifs is 2. The summed E-state index contributed by atoms with van der Waals surface area (Å²) in [5.74, 6) is 0.632. The van der Waals surface area contributed by atoms with Gasteiger partial charge in [-0.15, -0.1) is 0 Å². The van der Waals surface area contributed by atoms with Gasteiger partial charge < -0.3 is 0 Å². The van der Waals surface area contributed by atoms with Gasteiger partial charge in [-0.1, -0.05) is 44.2 Å². The molecule has 2 aromatic carbocycles. The first-order valence-electron chi connectivity index (χ1n) is 6.81. The fourth-order valence-corrected chi connectivity index (χ4v) is 3.27. The Hall–Kier alpha value is -1.30. The zero-order valence-corrected chi connectivity index (χ0v) is 10.8. The van der Waals surface area contributed by atoms with Crippen molar-refractivity contribution in [1.29, 1.82) is 0 Å². The smallest absolute Gasteiger partial charge is 0.0146 e. The maximum absolute atomic E-state index is 2.43. The highest BCUT2D eigenvalue weighted by Gasteiger charge is 2.17. The van der Waals surface area contributed by atoms with E-state index in [0.717, 1.165) is 0 Å². The standard InChI is InChI=1S/C17H20/c1-12(2)17-15-9-5-3-7-13(15)11-14-8-4-6-10-16(14)17/h3,5,7,9,11-12H,4,6,8,10H2,1-2H3. The van der Waals surface area contributed by atoms with Gasteiger partial charge >= 0.3 is 0 Å². The minimum Gasteiger partial charge on any atom is -0.0616 e. The monoisotopic (exact) mass is 224 g/mol. The Kier molecular flexibility index (Phi) is 2.66. The second-order valence-corrected chi connectivity index (χ2v) is 5.51. The highest BCUT2D eigenvalue weighted by atomic mass is 14.2. The maximum atomic E-state index is 2.43. The predicted octanol–water partition coefficient (Wildman–Crippen LogP) is 4.84. The van der Waals surface area contributed by atoms with E-state index in [0.29, 0.717) is 5.92 Å². The zero-order chi connectivity index (χ0) is 11.8. The van der Waals surface area contributed by atoms with Crippen molar-refractivity contribution in [3.8, 4) is 0 Å². The number of hydrogen-bond donors (Lipinski definition) is 0. The molecule has 0 amide bonds. The van der Waals surface area contributed by atoms with Gasteiger partial charge in [-0.05, 0) is 59.1 Å². The Balaban J connectivity index is 2.36. The van der Waals surface area contributed by atoms with Gasteiger partial charge in [0.2, 0.25) is 0 Å². The molecule has 1 aliphatic carbocycles. The summed E-state index contributed by atoms with van der Waals surface area (Å²) in [6, 6.07) is 11.3. The molecule has 88 valence electrons. The molecule has 0 saturated carbocycles. The van der Waals surface area contributed by atoms with E-state index in [1.807, 2.05) is 0 Å². The van der Waals surface area contributed by atoms with E-state index in [-0.39, 0.29) is 0 Å². The molecule has 0 bridgehead atoms. The van der Waals surface area contributed by atoms with Crippen LogP contribution in [0.1, 0.15) is 49.3 Å². The van der Waals surface area contributed by atoms with Crippen LogP contribution in [-0.4, -0.2) is 0 Å². The van der Waals surface area contributed by atoms with Crippen molar-refractivity contribution in [1.82, 2.24) is 0 Å². The van der Waals surface area contributed by atoms with Crippen LogP contribution >= 0.6 is 0 Å². The molecule has 0 aliphatic heterocycles. The van der Waals surface area contributed by atoms with Gasteiger partial charge in [0, 0.05) is 0 Å². The van der Waals surface area contributed by atoms with Crippen LogP contribution in [0.5, 0.6) is 0 Å². The first-order valence-corrected chi connectivity index (χ1v) is 6.81. The predicted molar refractivity (Wildman–Crippen MR) is 74.7 cm³/mol. The van der Waals surface area contributed by atoms with E-state index in [1.54, 1.807) is 16.7 Å². The normalized spacial score (nSPS) is 15.2. The molecule has 3 rings (SSSR count). The number of rotatable bonds is 1. The van der Waals surface area contributed by atoms with Gasteiger partial charge in [0.15, 0.2) is 0 Å². The summed E-state index contributed by atoms with van der Waals surface area (Å²) in [4.78, 5) is 0. The van der Waals surface area contributed by atoms with Crippen molar-refractivity contribution in [3.63, 3.8) is 0 Å². The fourth-order valence-electron chi connectivity index (χ4n) is 3.27. The first-order chi connectivity index (χ1) is 8.27. The lowest BCUT2D eigenvalue weighted by Gasteiger charge is -2.23. The zero-order valence-electron chi connectivity index (χ0n) is 10.8. The molecule has 1 aliphatic rings. The molecular weight excluding hydrogens is 204 g/mol. The Bertz CT molecular complexity index is 549. The third-order valence-corrected chi connectivity index (χ3v) is 3.99. The lowest BCUT2D eigenvalue weighted by molar-refractivity contribution is 0.673. The Morgan fingerprint density at radius 3 is 2.59 bits per heavy atom. The molecule has 0 heteroatoms. The average molecular weight is 224 g/mol. The van der Waals surface area contributed by atoms with Gasteiger partial charge in [0.05, 0.1) is 0 Å². The average Bonchev–Trinajstić information content (AvgIpc) is 2.35. The minimum absolute atomic E-state index is 0.632. The van der Waals surface area contributed by atoms with Crippen molar-refractivity contribution in [2.24, 2.45) is 0 Å². The lowest BCUT2D eigenvalue weighted by Crippen LogP contribution is -2.08. The molecule has 0 N–H and O–H groups in total. The molecule has 0 heterocycles. The summed E-state index contributed by atoms with van der Waals surface area (Å²) in [7, 11) is 0. The van der Waals surface area contributed by atoms with E-state index < -0.39 is 0 Å². The minimum atomic E-state index is 0.632. The lowest BCUT2D eigenvalue weighted by atomic mass is 9.81. The maximum Gasteiger partial charge on any atom is -0.0146 e. The number of benzene rings is 2. The van der Waals surface area contributed by atoms with Gasteiger partial charge in [-0.25, -0.2) is 0 Å². The topological polar surface area (TPSA) is 0 Å². The van der Waals surface area contributed by atoms with E-state index in [2.05, 4.69) is 44.2 Å². The van der Waals surface area contributed by atoms with Crippen molar-refractivity contribution in [2.45, 2.75) is 45.4 Å². The Labute approximate surface area is 104 Å². The molecular formula is C17H20. The third kappa shape index (κ3) is 1.76. The van der Waals surface area contributed by atoms with E-state index >= 15 is 0 Å². The molecule has 0 unspecified atom stereocenters. The van der Waals surface area contributed by atoms with Crippen LogP contribution < -0.4 is 0 Å². The van der Waals surface area contributed by atoms with Crippen LogP contribution in [0.15, 0.2) is 30.3 Å². The summed E-state index contributed by atoms with van der Waals surface area (Å²) in [5, 5.41) is 2.90.